The molecule has 2 rings (SSSR count). The maximum absolute atomic E-state index is 13.3. The van der Waals surface area contributed by atoms with Crippen LogP contribution in [0.25, 0.3) is 0 Å². The second-order valence-electron chi connectivity index (χ2n) is 4.58. The van der Waals surface area contributed by atoms with E-state index in [0.717, 1.165) is 18.2 Å². The number of nitrogens with one attached hydrogen (secondary N) is 1. The molecule has 126 valence electrons. The molecule has 8 heteroatoms. The third kappa shape index (κ3) is 5.51. The van der Waals surface area contributed by atoms with Crippen LogP contribution in [0.1, 0.15) is 0 Å². The molecule has 0 saturated heterocycles. The molecule has 0 unspecified atom stereocenters. The minimum atomic E-state index is -0.806. The molecule has 0 bridgehead atoms. The van der Waals surface area contributed by atoms with Crippen LogP contribution in [0.15, 0.2) is 42.5 Å². The molecule has 0 heterocycles. The Balaban J connectivity index is 1.75. The number of rotatable bonds is 6. The molecule has 2 aromatic rings. The van der Waals surface area contributed by atoms with Crippen molar-refractivity contribution in [2.24, 2.45) is 0 Å². The topological polar surface area (TPSA) is 64.6 Å². The Morgan fingerprint density at radius 1 is 1.04 bits per heavy atom. The molecule has 0 aliphatic rings. The predicted molar refractivity (Wildman–Crippen MR) is 82.9 cm³/mol. The molecule has 0 aromatic heterocycles. The molecular weight excluding hydrogens is 344 g/mol. The Labute approximate surface area is 141 Å². The van der Waals surface area contributed by atoms with Crippen molar-refractivity contribution < 1.29 is 27.8 Å². The molecule has 24 heavy (non-hydrogen) atoms. The molecule has 0 atom stereocenters. The first kappa shape index (κ1) is 17.7. The fourth-order valence-corrected chi connectivity index (χ4v) is 1.77. The summed E-state index contributed by atoms with van der Waals surface area (Å²) in [5.41, 5.74) is -0.339. The number of hydrogen-bond donors (Lipinski definition) is 1. The maximum atomic E-state index is 13.3. The first-order valence-electron chi connectivity index (χ1n) is 6.73. The lowest BCUT2D eigenvalue weighted by Crippen LogP contribution is -2.24. The molecular formula is C16H12ClF2NO4. The molecule has 0 radical (unpaired) electrons. The Morgan fingerprint density at radius 2 is 1.75 bits per heavy atom. The van der Waals surface area contributed by atoms with Gasteiger partial charge in [-0.1, -0.05) is 11.6 Å². The van der Waals surface area contributed by atoms with Crippen molar-refractivity contribution in [1.29, 1.82) is 0 Å². The van der Waals surface area contributed by atoms with Crippen LogP contribution in [-0.2, 0) is 14.3 Å². The van der Waals surface area contributed by atoms with Gasteiger partial charge in [0, 0.05) is 11.1 Å². The standard InChI is InChI=1S/C16H12ClF2NO4/c17-10-1-4-12(5-2-10)23-9-16(22)24-8-15(21)20-14-7-11(18)3-6-13(14)19/h1-7H,8-9H2,(H,20,21). The smallest absolute Gasteiger partial charge is 0.344 e. The predicted octanol–water partition coefficient (Wildman–Crippen LogP) is 3.18. The molecule has 0 spiro atoms. The summed E-state index contributed by atoms with van der Waals surface area (Å²) < 4.78 is 36.1. The van der Waals surface area contributed by atoms with Crippen molar-refractivity contribution in [1.82, 2.24) is 0 Å². The Morgan fingerprint density at radius 3 is 2.46 bits per heavy atom. The van der Waals surface area contributed by atoms with Gasteiger partial charge in [0.05, 0.1) is 5.69 Å². The van der Waals surface area contributed by atoms with Gasteiger partial charge in [0.1, 0.15) is 17.4 Å². The van der Waals surface area contributed by atoms with Gasteiger partial charge < -0.3 is 14.8 Å². The summed E-state index contributed by atoms with van der Waals surface area (Å²) in [6.07, 6.45) is 0. The maximum Gasteiger partial charge on any atom is 0.344 e. The van der Waals surface area contributed by atoms with E-state index in [1.54, 1.807) is 24.3 Å². The Hall–Kier alpha value is -2.67. The van der Waals surface area contributed by atoms with Gasteiger partial charge in [-0.3, -0.25) is 4.79 Å². The lowest BCUT2D eigenvalue weighted by atomic mass is 10.3. The molecule has 0 saturated carbocycles. The summed E-state index contributed by atoms with van der Waals surface area (Å²) in [6.45, 7) is -1.07. The van der Waals surface area contributed by atoms with E-state index < -0.39 is 36.7 Å². The van der Waals surface area contributed by atoms with Crippen LogP contribution in [0.3, 0.4) is 0 Å². The molecule has 0 fully saturated rings. The highest BCUT2D eigenvalue weighted by atomic mass is 35.5. The van der Waals surface area contributed by atoms with Crippen LogP contribution in [0.4, 0.5) is 14.5 Å². The highest BCUT2D eigenvalue weighted by Crippen LogP contribution is 2.16. The van der Waals surface area contributed by atoms with Crippen molar-refractivity contribution in [2.75, 3.05) is 18.5 Å². The Kier molecular flexibility index (Phi) is 6.08. The summed E-state index contributed by atoms with van der Waals surface area (Å²) in [5, 5.41) is 2.62. The second-order valence-corrected chi connectivity index (χ2v) is 5.01. The number of hydrogen-bond acceptors (Lipinski definition) is 4. The first-order valence-corrected chi connectivity index (χ1v) is 7.11. The van der Waals surface area contributed by atoms with Gasteiger partial charge in [0.15, 0.2) is 13.2 Å². The summed E-state index contributed by atoms with van der Waals surface area (Å²) in [7, 11) is 0. The minimum Gasteiger partial charge on any atom is -0.482 e. The van der Waals surface area contributed by atoms with E-state index in [2.05, 4.69) is 10.1 Å². The molecule has 5 nitrogen and oxygen atoms in total. The van der Waals surface area contributed by atoms with Crippen LogP contribution < -0.4 is 10.1 Å². The zero-order chi connectivity index (χ0) is 17.5. The molecule has 1 amide bonds. The molecule has 0 aliphatic carbocycles. The number of ether oxygens (including phenoxy) is 2. The second kappa shape index (κ2) is 8.26. The third-order valence-electron chi connectivity index (χ3n) is 2.74. The van der Waals surface area contributed by atoms with Gasteiger partial charge in [0.25, 0.3) is 5.91 Å². The van der Waals surface area contributed by atoms with Gasteiger partial charge >= 0.3 is 5.97 Å². The van der Waals surface area contributed by atoms with Crippen molar-refractivity contribution in [3.05, 3.63) is 59.1 Å². The fraction of sp³-hybridized carbons (Fsp3) is 0.125. The minimum absolute atomic E-state index is 0.339. The Bertz CT molecular complexity index is 737. The third-order valence-corrected chi connectivity index (χ3v) is 2.99. The number of anilines is 1. The average Bonchev–Trinajstić information content (AvgIpc) is 2.56. The highest BCUT2D eigenvalue weighted by Gasteiger charge is 2.11. The number of esters is 1. The van der Waals surface area contributed by atoms with E-state index in [-0.39, 0.29) is 5.69 Å². The normalized spacial score (nSPS) is 10.1. The highest BCUT2D eigenvalue weighted by molar-refractivity contribution is 6.30. The fourth-order valence-electron chi connectivity index (χ4n) is 1.64. The largest absolute Gasteiger partial charge is 0.482 e. The quantitative estimate of drug-likeness (QED) is 0.808. The van der Waals surface area contributed by atoms with Crippen molar-refractivity contribution >= 4 is 29.2 Å². The van der Waals surface area contributed by atoms with Crippen LogP contribution in [0.2, 0.25) is 5.02 Å². The molecule has 0 aliphatic heterocycles. The number of carbonyl (C=O) groups excluding carboxylic acids is 2. The van der Waals surface area contributed by atoms with Crippen molar-refractivity contribution in [3.8, 4) is 5.75 Å². The van der Waals surface area contributed by atoms with Gasteiger partial charge in [-0.2, -0.15) is 0 Å². The summed E-state index contributed by atoms with van der Waals surface area (Å²) in [6, 6.07) is 8.91. The van der Waals surface area contributed by atoms with Crippen molar-refractivity contribution in [3.63, 3.8) is 0 Å². The van der Waals surface area contributed by atoms with E-state index >= 15 is 0 Å². The van der Waals surface area contributed by atoms with Crippen LogP contribution in [0, 0.1) is 11.6 Å². The van der Waals surface area contributed by atoms with Gasteiger partial charge in [0.2, 0.25) is 0 Å². The van der Waals surface area contributed by atoms with E-state index in [1.165, 1.54) is 0 Å². The average molecular weight is 356 g/mol. The monoisotopic (exact) mass is 355 g/mol. The number of amides is 1. The lowest BCUT2D eigenvalue weighted by Gasteiger charge is -2.08. The van der Waals surface area contributed by atoms with E-state index in [9.17, 15) is 18.4 Å². The zero-order valence-electron chi connectivity index (χ0n) is 12.2. The summed E-state index contributed by atoms with van der Waals surface area (Å²) in [4.78, 5) is 23.0. The van der Waals surface area contributed by atoms with E-state index in [0.29, 0.717) is 10.8 Å². The molecule has 2 aromatic carbocycles. The number of halogens is 3. The SMILES string of the molecule is O=C(COC(=O)COc1ccc(Cl)cc1)Nc1cc(F)ccc1F. The zero-order valence-corrected chi connectivity index (χ0v) is 13.0. The van der Waals surface area contributed by atoms with Crippen LogP contribution in [-0.4, -0.2) is 25.1 Å². The van der Waals surface area contributed by atoms with E-state index in [4.69, 9.17) is 16.3 Å². The summed E-state index contributed by atoms with van der Waals surface area (Å²) >= 11 is 5.70. The van der Waals surface area contributed by atoms with Crippen LogP contribution >= 0.6 is 11.6 Å². The van der Waals surface area contributed by atoms with Crippen LogP contribution in [0.5, 0.6) is 5.75 Å². The number of carbonyl (C=O) groups is 2. The lowest BCUT2D eigenvalue weighted by molar-refractivity contribution is -0.149. The van der Waals surface area contributed by atoms with Gasteiger partial charge in [-0.05, 0) is 36.4 Å². The summed E-state index contributed by atoms with van der Waals surface area (Å²) in [5.74, 6) is -2.70. The van der Waals surface area contributed by atoms with Gasteiger partial charge in [-0.15, -0.1) is 0 Å². The number of benzene rings is 2. The van der Waals surface area contributed by atoms with Crippen molar-refractivity contribution in [2.45, 2.75) is 0 Å². The molecule has 1 N–H and O–H groups in total. The first-order chi connectivity index (χ1) is 11.4. The van der Waals surface area contributed by atoms with E-state index in [1.807, 2.05) is 0 Å². The van der Waals surface area contributed by atoms with Gasteiger partial charge in [-0.25, -0.2) is 13.6 Å².